The van der Waals surface area contributed by atoms with Gasteiger partial charge in [-0.2, -0.15) is 0 Å². The standard InChI is InChI=1S/C6H12N4O/c1-11-6(5-9-10-7)2-3-8-4-6/h8H,2-5H2,1H3/t6-/m1/s1. The van der Waals surface area contributed by atoms with Crippen molar-refractivity contribution in [3.05, 3.63) is 10.4 Å². The second-order valence-electron chi connectivity index (χ2n) is 2.70. The average Bonchev–Trinajstić information content (AvgIpc) is 2.50. The number of ether oxygens (including phenoxy) is 1. The molecule has 0 unspecified atom stereocenters. The van der Waals surface area contributed by atoms with Crippen molar-refractivity contribution in [2.75, 3.05) is 26.7 Å². The van der Waals surface area contributed by atoms with Gasteiger partial charge < -0.3 is 10.1 Å². The highest BCUT2D eigenvalue weighted by atomic mass is 16.5. The molecule has 1 atom stereocenters. The Bertz CT molecular complexity index is 169. The molecule has 5 nitrogen and oxygen atoms in total. The predicted molar refractivity (Wildman–Crippen MR) is 41.2 cm³/mol. The Balaban J connectivity index is 2.51. The smallest absolute Gasteiger partial charge is 0.0870 e. The van der Waals surface area contributed by atoms with Crippen LogP contribution in [0.15, 0.2) is 5.11 Å². The molecule has 1 rings (SSSR count). The zero-order valence-corrected chi connectivity index (χ0v) is 6.58. The maximum atomic E-state index is 8.12. The first-order valence-electron chi connectivity index (χ1n) is 3.60. The van der Waals surface area contributed by atoms with Gasteiger partial charge >= 0.3 is 0 Å². The fourth-order valence-electron chi connectivity index (χ4n) is 1.26. The minimum absolute atomic E-state index is 0.244. The van der Waals surface area contributed by atoms with E-state index in [1.807, 2.05) is 0 Å². The lowest BCUT2D eigenvalue weighted by molar-refractivity contribution is 0.0154. The van der Waals surface area contributed by atoms with E-state index in [4.69, 9.17) is 10.3 Å². The normalized spacial score (nSPS) is 29.9. The summed E-state index contributed by atoms with van der Waals surface area (Å²) in [6.45, 7) is 2.14. The Morgan fingerprint density at radius 1 is 1.82 bits per heavy atom. The van der Waals surface area contributed by atoms with E-state index in [0.717, 1.165) is 19.5 Å². The molecule has 62 valence electrons. The van der Waals surface area contributed by atoms with Crippen molar-refractivity contribution in [1.29, 1.82) is 0 Å². The van der Waals surface area contributed by atoms with Gasteiger partial charge in [-0.05, 0) is 18.5 Å². The molecule has 1 heterocycles. The first-order valence-corrected chi connectivity index (χ1v) is 3.60. The molecular formula is C6H12N4O. The Hall–Kier alpha value is -0.770. The van der Waals surface area contributed by atoms with Crippen LogP contribution in [0.4, 0.5) is 0 Å². The number of nitrogens with zero attached hydrogens (tertiary/aromatic N) is 3. The maximum absolute atomic E-state index is 8.12. The van der Waals surface area contributed by atoms with E-state index < -0.39 is 0 Å². The van der Waals surface area contributed by atoms with Gasteiger partial charge in [0.25, 0.3) is 0 Å². The molecule has 1 saturated heterocycles. The number of rotatable bonds is 3. The van der Waals surface area contributed by atoms with Crippen molar-refractivity contribution in [1.82, 2.24) is 5.32 Å². The molecule has 0 amide bonds. The molecule has 0 saturated carbocycles. The Kier molecular flexibility index (Phi) is 2.70. The van der Waals surface area contributed by atoms with E-state index >= 15 is 0 Å². The lowest BCUT2D eigenvalue weighted by atomic mass is 10.0. The quantitative estimate of drug-likeness (QED) is 0.370. The van der Waals surface area contributed by atoms with Crippen LogP contribution in [-0.4, -0.2) is 32.3 Å². The minimum atomic E-state index is -0.244. The molecule has 0 spiro atoms. The van der Waals surface area contributed by atoms with Crippen molar-refractivity contribution >= 4 is 0 Å². The summed E-state index contributed by atoms with van der Waals surface area (Å²) in [5.41, 5.74) is 7.88. The Morgan fingerprint density at radius 3 is 3.09 bits per heavy atom. The van der Waals surface area contributed by atoms with Crippen LogP contribution in [0.1, 0.15) is 6.42 Å². The third-order valence-corrected chi connectivity index (χ3v) is 2.06. The van der Waals surface area contributed by atoms with Crippen LogP contribution in [0, 0.1) is 0 Å². The number of azide groups is 1. The highest BCUT2D eigenvalue weighted by Crippen LogP contribution is 2.18. The molecule has 5 heteroatoms. The molecule has 0 aliphatic carbocycles. The summed E-state index contributed by atoms with van der Waals surface area (Å²) in [5, 5.41) is 6.68. The Labute approximate surface area is 65.4 Å². The third-order valence-electron chi connectivity index (χ3n) is 2.06. The predicted octanol–water partition coefficient (Wildman–Crippen LogP) is 0.675. The summed E-state index contributed by atoms with van der Waals surface area (Å²) in [7, 11) is 1.65. The van der Waals surface area contributed by atoms with Gasteiger partial charge in [-0.1, -0.05) is 5.11 Å². The van der Waals surface area contributed by atoms with Crippen LogP contribution in [-0.2, 0) is 4.74 Å². The average molecular weight is 156 g/mol. The van der Waals surface area contributed by atoms with Crippen LogP contribution in [0.2, 0.25) is 0 Å². The van der Waals surface area contributed by atoms with Gasteiger partial charge in [-0.15, -0.1) is 0 Å². The van der Waals surface area contributed by atoms with Crippen molar-refractivity contribution in [3.63, 3.8) is 0 Å². The third kappa shape index (κ3) is 1.83. The van der Waals surface area contributed by atoms with Gasteiger partial charge in [-0.25, -0.2) is 0 Å². The van der Waals surface area contributed by atoms with Crippen molar-refractivity contribution in [2.24, 2.45) is 5.11 Å². The van der Waals surface area contributed by atoms with Crippen LogP contribution in [0.3, 0.4) is 0 Å². The molecule has 0 aromatic heterocycles. The van der Waals surface area contributed by atoms with Gasteiger partial charge in [0.2, 0.25) is 0 Å². The van der Waals surface area contributed by atoms with Crippen molar-refractivity contribution in [2.45, 2.75) is 12.0 Å². The molecule has 0 aromatic rings. The molecule has 0 aromatic carbocycles. The van der Waals surface area contributed by atoms with Crippen molar-refractivity contribution in [3.8, 4) is 0 Å². The van der Waals surface area contributed by atoms with Crippen LogP contribution in [0.5, 0.6) is 0 Å². The SMILES string of the molecule is CO[C@]1(CN=[N+]=[N-])CCNC1. The fraction of sp³-hybridized carbons (Fsp3) is 1.00. The monoisotopic (exact) mass is 156 g/mol. The summed E-state index contributed by atoms with van der Waals surface area (Å²) < 4.78 is 5.27. The summed E-state index contributed by atoms with van der Waals surface area (Å²) in [6.07, 6.45) is 0.919. The van der Waals surface area contributed by atoms with Gasteiger partial charge in [-0.3, -0.25) is 0 Å². The van der Waals surface area contributed by atoms with E-state index in [1.165, 1.54) is 0 Å². The maximum Gasteiger partial charge on any atom is 0.0870 e. The second kappa shape index (κ2) is 3.57. The van der Waals surface area contributed by atoms with Crippen molar-refractivity contribution < 1.29 is 4.74 Å². The molecule has 1 aliphatic rings. The number of hydrogen-bond acceptors (Lipinski definition) is 3. The van der Waals surface area contributed by atoms with E-state index in [0.29, 0.717) is 6.54 Å². The van der Waals surface area contributed by atoms with Gasteiger partial charge in [0.05, 0.1) is 12.1 Å². The summed E-state index contributed by atoms with van der Waals surface area (Å²) in [5.74, 6) is 0. The minimum Gasteiger partial charge on any atom is -0.377 e. The lowest BCUT2D eigenvalue weighted by Gasteiger charge is -2.23. The first kappa shape index (κ1) is 8.33. The second-order valence-corrected chi connectivity index (χ2v) is 2.70. The highest BCUT2D eigenvalue weighted by Gasteiger charge is 2.32. The largest absolute Gasteiger partial charge is 0.377 e. The molecule has 1 N–H and O–H groups in total. The van der Waals surface area contributed by atoms with E-state index in [1.54, 1.807) is 7.11 Å². The molecule has 1 fully saturated rings. The fourth-order valence-corrected chi connectivity index (χ4v) is 1.26. The number of methoxy groups -OCH3 is 1. The number of hydrogen-bond donors (Lipinski definition) is 1. The molecule has 1 aliphatic heterocycles. The lowest BCUT2D eigenvalue weighted by Crippen LogP contribution is -2.36. The molecule has 11 heavy (non-hydrogen) atoms. The van der Waals surface area contributed by atoms with Crippen LogP contribution >= 0.6 is 0 Å². The van der Waals surface area contributed by atoms with Gasteiger partial charge in [0.1, 0.15) is 0 Å². The van der Waals surface area contributed by atoms with Crippen LogP contribution < -0.4 is 5.32 Å². The summed E-state index contributed by atoms with van der Waals surface area (Å²) in [4.78, 5) is 2.71. The van der Waals surface area contributed by atoms with Gasteiger partial charge in [0, 0.05) is 18.6 Å². The zero-order valence-electron chi connectivity index (χ0n) is 6.58. The Morgan fingerprint density at radius 2 is 2.64 bits per heavy atom. The molecule has 0 radical (unpaired) electrons. The van der Waals surface area contributed by atoms with E-state index in [2.05, 4.69) is 15.3 Å². The zero-order chi connectivity index (χ0) is 8.16. The van der Waals surface area contributed by atoms with Gasteiger partial charge in [0.15, 0.2) is 0 Å². The first-order chi connectivity index (χ1) is 5.33. The van der Waals surface area contributed by atoms with Crippen LogP contribution in [0.25, 0.3) is 10.4 Å². The topological polar surface area (TPSA) is 70.0 Å². The summed E-state index contributed by atoms with van der Waals surface area (Å²) in [6, 6.07) is 0. The van der Waals surface area contributed by atoms with E-state index in [9.17, 15) is 0 Å². The summed E-state index contributed by atoms with van der Waals surface area (Å²) >= 11 is 0. The molecule has 0 bridgehead atoms. The number of nitrogens with one attached hydrogen (secondary N) is 1. The highest BCUT2D eigenvalue weighted by molar-refractivity contribution is 4.91. The molecular weight excluding hydrogens is 144 g/mol. The van der Waals surface area contributed by atoms with E-state index in [-0.39, 0.29) is 5.60 Å².